The molecule has 3 nitrogen and oxygen atoms in total. The highest BCUT2D eigenvalue weighted by Crippen LogP contribution is 1.30. The molecule has 10 heavy (non-hydrogen) atoms. The summed E-state index contributed by atoms with van der Waals surface area (Å²) in [4.78, 5) is 0. The van der Waals surface area contributed by atoms with Crippen LogP contribution in [0.5, 0.6) is 0 Å². The summed E-state index contributed by atoms with van der Waals surface area (Å²) in [5.41, 5.74) is 0. The van der Waals surface area contributed by atoms with Crippen LogP contribution >= 0.6 is 12.4 Å². The summed E-state index contributed by atoms with van der Waals surface area (Å²) >= 11 is 0. The second-order valence-corrected chi connectivity index (χ2v) is 0.949. The van der Waals surface area contributed by atoms with E-state index in [1.165, 1.54) is 0 Å². The van der Waals surface area contributed by atoms with Crippen molar-refractivity contribution in [1.29, 1.82) is 0 Å². The van der Waals surface area contributed by atoms with Crippen molar-refractivity contribution in [3.05, 3.63) is 0 Å². The highest BCUT2D eigenvalue weighted by atomic mass is 35.5. The maximum Gasteiger partial charge on any atom is 0.0402 e. The van der Waals surface area contributed by atoms with Gasteiger partial charge in [-0.15, -0.1) is 12.4 Å². The van der Waals surface area contributed by atoms with Crippen LogP contribution in [-0.4, -0.2) is 35.1 Å². The van der Waals surface area contributed by atoms with Crippen molar-refractivity contribution in [3.63, 3.8) is 0 Å². The summed E-state index contributed by atoms with van der Waals surface area (Å²) in [5.74, 6) is 0. The summed E-state index contributed by atoms with van der Waals surface area (Å²) in [7, 11) is 0. The van der Waals surface area contributed by atoms with E-state index in [-0.39, 0.29) is 32.2 Å². The fourth-order valence-corrected chi connectivity index (χ4v) is 0. The molecule has 68 valence electrons. The van der Waals surface area contributed by atoms with Crippen LogP contribution in [0.4, 0.5) is 0 Å². The van der Waals surface area contributed by atoms with Crippen molar-refractivity contribution in [2.24, 2.45) is 0 Å². The Bertz CT molecular complexity index is 17.7. The normalized spacial score (nSPS) is 5.40. The van der Waals surface area contributed by atoms with Crippen molar-refractivity contribution < 1.29 is 15.3 Å². The molecule has 0 unspecified atom stereocenters. The summed E-state index contributed by atoms with van der Waals surface area (Å²) in [6.45, 7) is 5.79. The van der Waals surface area contributed by atoms with Crippen molar-refractivity contribution in [2.75, 3.05) is 19.8 Å². The van der Waals surface area contributed by atoms with Gasteiger partial charge in [-0.25, -0.2) is 0 Å². The number of hydrogen-bond acceptors (Lipinski definition) is 3. The Labute approximate surface area is 69.1 Å². The van der Waals surface area contributed by atoms with E-state index in [4.69, 9.17) is 15.3 Å². The summed E-state index contributed by atoms with van der Waals surface area (Å²) < 4.78 is 0. The average molecular weight is 175 g/mol. The predicted molar refractivity (Wildman–Crippen MR) is 45.5 cm³/mol. The third kappa shape index (κ3) is 14500. The Hall–Kier alpha value is 0.170. The molecule has 3 N–H and O–H groups in total. The minimum absolute atomic E-state index is 0. The molecule has 0 aromatic rings. The zero-order chi connectivity index (χ0) is 8.12. The van der Waals surface area contributed by atoms with E-state index in [1.807, 2.05) is 0 Å². The van der Waals surface area contributed by atoms with Gasteiger partial charge in [0.1, 0.15) is 0 Å². The van der Waals surface area contributed by atoms with E-state index < -0.39 is 0 Å². The van der Waals surface area contributed by atoms with Crippen LogP contribution in [0.1, 0.15) is 20.8 Å². The molecular weight excluding hydrogens is 156 g/mol. The van der Waals surface area contributed by atoms with Gasteiger partial charge in [-0.2, -0.15) is 0 Å². The first-order chi connectivity index (χ1) is 4.24. The Morgan fingerprint density at radius 3 is 0.700 bits per heavy atom. The molecule has 0 atom stereocenters. The van der Waals surface area contributed by atoms with Gasteiger partial charge >= 0.3 is 0 Å². The van der Waals surface area contributed by atoms with Crippen molar-refractivity contribution >= 4 is 12.4 Å². The third-order valence-electron chi connectivity index (χ3n) is 0. The van der Waals surface area contributed by atoms with Crippen LogP contribution in [-0.2, 0) is 0 Å². The Morgan fingerprint density at radius 1 is 0.700 bits per heavy atom. The average Bonchev–Trinajstić information content (AvgIpc) is 1.70. The number of hydrogen-bond donors (Lipinski definition) is 3. The molecule has 0 aromatic heterocycles. The summed E-state index contributed by atoms with van der Waals surface area (Å²) in [6, 6.07) is 0. The van der Waals surface area contributed by atoms with Crippen molar-refractivity contribution in [2.45, 2.75) is 20.8 Å². The first kappa shape index (κ1) is 22.5. The van der Waals surface area contributed by atoms with Crippen LogP contribution in [0.2, 0.25) is 0 Å². The molecular formula is C6H19ClO3. The number of aliphatic hydroxyl groups excluding tert-OH is 3. The molecule has 0 amide bonds. The van der Waals surface area contributed by atoms with Crippen LogP contribution in [0.3, 0.4) is 0 Å². The second-order valence-electron chi connectivity index (χ2n) is 0.949. The van der Waals surface area contributed by atoms with Gasteiger partial charge in [-0.05, 0) is 20.8 Å². The third-order valence-corrected chi connectivity index (χ3v) is 0. The molecule has 0 spiro atoms. The summed E-state index contributed by atoms with van der Waals surface area (Å²) in [5, 5.41) is 22.7. The summed E-state index contributed by atoms with van der Waals surface area (Å²) in [6.07, 6.45) is 0. The molecule has 0 fully saturated rings. The molecule has 0 aliphatic heterocycles. The first-order valence-electron chi connectivity index (χ1n) is 3.07. The highest BCUT2D eigenvalue weighted by Gasteiger charge is 1.35. The lowest BCUT2D eigenvalue weighted by Gasteiger charge is -1.52. The maximum absolute atomic E-state index is 7.57. The monoisotopic (exact) mass is 174 g/mol. The second kappa shape index (κ2) is 60.9. The first-order valence-corrected chi connectivity index (χ1v) is 3.07. The van der Waals surface area contributed by atoms with E-state index in [0.29, 0.717) is 0 Å². The number of halogens is 1. The van der Waals surface area contributed by atoms with Crippen LogP contribution in [0.25, 0.3) is 0 Å². The molecule has 0 saturated carbocycles. The van der Waals surface area contributed by atoms with Gasteiger partial charge in [-0.1, -0.05) is 0 Å². The highest BCUT2D eigenvalue weighted by molar-refractivity contribution is 5.85. The van der Waals surface area contributed by atoms with E-state index in [2.05, 4.69) is 0 Å². The largest absolute Gasteiger partial charge is 0.397 e. The van der Waals surface area contributed by atoms with E-state index in [9.17, 15) is 0 Å². The lowest BCUT2D eigenvalue weighted by molar-refractivity contribution is 0.318. The fourth-order valence-electron chi connectivity index (χ4n) is 0. The van der Waals surface area contributed by atoms with E-state index >= 15 is 0 Å². The molecule has 0 aliphatic rings. The quantitative estimate of drug-likeness (QED) is 0.499. The van der Waals surface area contributed by atoms with Crippen molar-refractivity contribution in [3.8, 4) is 0 Å². The fraction of sp³-hybridized carbons (Fsp3) is 1.00. The van der Waals surface area contributed by atoms with E-state index in [0.717, 1.165) is 0 Å². The lowest BCUT2D eigenvalue weighted by atomic mass is 10.9. The van der Waals surface area contributed by atoms with Gasteiger partial charge in [0.25, 0.3) is 0 Å². The molecule has 0 aromatic carbocycles. The Kier molecular flexibility index (Phi) is 137. The van der Waals surface area contributed by atoms with Crippen LogP contribution < -0.4 is 0 Å². The molecule has 4 heteroatoms. The standard InChI is InChI=1S/3C2H6O.ClH/c3*1-2-3;/h3*3H,2H2,1H3;1H. The zero-order valence-electron chi connectivity index (χ0n) is 6.87. The van der Waals surface area contributed by atoms with Gasteiger partial charge in [0, 0.05) is 19.8 Å². The predicted octanol–water partition coefficient (Wildman–Crippen LogP) is 0.418. The minimum Gasteiger partial charge on any atom is -0.397 e. The Morgan fingerprint density at radius 2 is 0.700 bits per heavy atom. The number of aliphatic hydroxyl groups is 3. The molecule has 0 aliphatic carbocycles. The smallest absolute Gasteiger partial charge is 0.0402 e. The van der Waals surface area contributed by atoms with Gasteiger partial charge in [-0.3, -0.25) is 0 Å². The van der Waals surface area contributed by atoms with Gasteiger partial charge in [0.2, 0.25) is 0 Å². The maximum atomic E-state index is 7.57. The topological polar surface area (TPSA) is 60.7 Å². The van der Waals surface area contributed by atoms with Crippen LogP contribution in [0, 0.1) is 0 Å². The minimum atomic E-state index is 0. The Balaban J connectivity index is -0.0000000257. The molecule has 0 bridgehead atoms. The SMILES string of the molecule is CCO.CCO.CCO.Cl. The van der Waals surface area contributed by atoms with Gasteiger partial charge in [0.05, 0.1) is 0 Å². The molecule has 0 heterocycles. The van der Waals surface area contributed by atoms with E-state index in [1.54, 1.807) is 20.8 Å². The van der Waals surface area contributed by atoms with Gasteiger partial charge < -0.3 is 15.3 Å². The van der Waals surface area contributed by atoms with Crippen LogP contribution in [0.15, 0.2) is 0 Å². The molecule has 0 radical (unpaired) electrons. The zero-order valence-corrected chi connectivity index (χ0v) is 7.69. The lowest BCUT2D eigenvalue weighted by Crippen LogP contribution is -1.57. The van der Waals surface area contributed by atoms with Gasteiger partial charge in [0.15, 0.2) is 0 Å². The molecule has 0 rings (SSSR count). The number of rotatable bonds is 0. The van der Waals surface area contributed by atoms with Crippen molar-refractivity contribution in [1.82, 2.24) is 0 Å². The molecule has 0 saturated heterocycles.